The smallest absolute Gasteiger partial charge is 0.208 e. The Hall–Kier alpha value is -1.98. The van der Waals surface area contributed by atoms with Gasteiger partial charge in [-0.3, -0.25) is 0 Å². The lowest BCUT2D eigenvalue weighted by Crippen LogP contribution is -2.54. The van der Waals surface area contributed by atoms with E-state index in [4.69, 9.17) is 38.3 Å². The minimum Gasteiger partial charge on any atom is -0.355 e. The van der Waals surface area contributed by atoms with E-state index in [1.807, 2.05) is 29.9 Å². The lowest BCUT2D eigenvalue weighted by Gasteiger charge is -2.47. The maximum Gasteiger partial charge on any atom is 0.208 e. The van der Waals surface area contributed by atoms with E-state index in [0.29, 0.717) is 28.4 Å². The second kappa shape index (κ2) is 10.6. The van der Waals surface area contributed by atoms with Crippen molar-refractivity contribution in [2.24, 2.45) is 11.8 Å². The minimum absolute atomic E-state index is 0.125. The first-order chi connectivity index (χ1) is 17.6. The van der Waals surface area contributed by atoms with E-state index in [2.05, 4.69) is 21.4 Å². The van der Waals surface area contributed by atoms with E-state index in [9.17, 15) is 8.42 Å². The molecule has 5 rings (SSSR count). The normalized spacial score (nSPS) is 20.4. The summed E-state index contributed by atoms with van der Waals surface area (Å²) in [6.45, 7) is 9.15. The van der Waals surface area contributed by atoms with Crippen molar-refractivity contribution in [1.29, 1.82) is 0 Å². The molecular weight excluding hydrogens is 533 g/mol. The summed E-state index contributed by atoms with van der Waals surface area (Å²) in [5, 5.41) is 5.95. The molecule has 2 fully saturated rings. The maximum atomic E-state index is 11.4. The minimum atomic E-state index is -3.14. The van der Waals surface area contributed by atoms with Crippen molar-refractivity contribution in [2.75, 3.05) is 50.4 Å². The molecule has 2 saturated heterocycles. The number of fused-ring (bicyclic) bond motifs is 1. The fourth-order valence-corrected chi connectivity index (χ4v) is 6.53. The Bertz CT molecular complexity index is 1390. The number of nitrogens with zero attached hydrogens (tertiary/aromatic N) is 6. The largest absolute Gasteiger partial charge is 0.355 e. The van der Waals surface area contributed by atoms with Crippen LogP contribution in [0.2, 0.25) is 10.0 Å². The van der Waals surface area contributed by atoms with Crippen molar-refractivity contribution in [2.45, 2.75) is 32.7 Å². The molecule has 0 bridgehead atoms. The second-order valence-electron chi connectivity index (χ2n) is 10.3. The summed E-state index contributed by atoms with van der Waals surface area (Å²) >= 11 is 12.6. The zero-order valence-electron chi connectivity index (χ0n) is 21.4. The van der Waals surface area contributed by atoms with Crippen LogP contribution in [0.15, 0.2) is 24.4 Å². The van der Waals surface area contributed by atoms with Crippen LogP contribution in [0.4, 0.5) is 5.82 Å². The molecule has 12 heteroatoms. The number of likely N-dealkylation sites (tertiary alicyclic amines) is 1. The molecule has 1 aromatic carbocycles. The van der Waals surface area contributed by atoms with Crippen LogP contribution in [0.3, 0.4) is 0 Å². The summed E-state index contributed by atoms with van der Waals surface area (Å²) in [4.78, 5) is 14.4. The first kappa shape index (κ1) is 26.6. The Labute approximate surface area is 228 Å². The van der Waals surface area contributed by atoms with Gasteiger partial charge in [-0.2, -0.15) is 5.10 Å². The summed E-state index contributed by atoms with van der Waals surface area (Å²) in [5.74, 6) is 2.07. The van der Waals surface area contributed by atoms with Gasteiger partial charge in [-0.25, -0.2) is 27.8 Å². The Morgan fingerprint density at radius 3 is 2.70 bits per heavy atom. The predicted octanol–water partition coefficient (Wildman–Crippen LogP) is 3.75. The Morgan fingerprint density at radius 1 is 1.19 bits per heavy atom. The van der Waals surface area contributed by atoms with Gasteiger partial charge in [0.2, 0.25) is 10.0 Å². The van der Waals surface area contributed by atoms with Gasteiger partial charge in [0.1, 0.15) is 11.3 Å². The molecule has 2 atom stereocenters. The highest BCUT2D eigenvalue weighted by Gasteiger charge is 2.36. The van der Waals surface area contributed by atoms with Crippen LogP contribution in [-0.4, -0.2) is 78.6 Å². The summed E-state index contributed by atoms with van der Waals surface area (Å²) in [5.41, 5.74) is 3.31. The van der Waals surface area contributed by atoms with Gasteiger partial charge < -0.3 is 9.80 Å². The van der Waals surface area contributed by atoms with E-state index < -0.39 is 10.0 Å². The molecule has 4 heterocycles. The molecule has 0 radical (unpaired) electrons. The quantitative estimate of drug-likeness (QED) is 0.444. The van der Waals surface area contributed by atoms with Gasteiger partial charge in [0.05, 0.1) is 24.2 Å². The fraction of sp³-hybridized carbons (Fsp3) is 0.560. The lowest BCUT2D eigenvalue weighted by atomic mass is 9.80. The molecule has 37 heavy (non-hydrogen) atoms. The van der Waals surface area contributed by atoms with Gasteiger partial charge in [0, 0.05) is 42.8 Å². The number of anilines is 1. The van der Waals surface area contributed by atoms with Crippen LogP contribution in [0.1, 0.15) is 37.1 Å². The second-order valence-corrected chi connectivity index (χ2v) is 13.0. The number of hydrogen-bond acceptors (Lipinski definition) is 7. The van der Waals surface area contributed by atoms with Crippen LogP contribution >= 0.6 is 23.2 Å². The highest BCUT2D eigenvalue weighted by atomic mass is 35.5. The van der Waals surface area contributed by atoms with Crippen molar-refractivity contribution in [1.82, 2.24) is 29.4 Å². The third-order valence-electron chi connectivity index (χ3n) is 7.57. The summed E-state index contributed by atoms with van der Waals surface area (Å²) in [7, 11) is -3.14. The molecule has 200 valence electrons. The number of nitrogens with one attached hydrogen (secondary N) is 1. The SMILES string of the molecule is Cc1nn([C@H](C)c2ccc(Cl)cc2Cl)c2nc(N3CC([C@H]4CCCN(CCNS(C)(=O)=O)C4)C3)cnc12. The van der Waals surface area contributed by atoms with Gasteiger partial charge in [-0.15, -0.1) is 0 Å². The maximum absolute atomic E-state index is 11.4. The first-order valence-electron chi connectivity index (χ1n) is 12.7. The van der Waals surface area contributed by atoms with Crippen molar-refractivity contribution in [3.05, 3.63) is 45.7 Å². The van der Waals surface area contributed by atoms with Crippen LogP contribution < -0.4 is 9.62 Å². The van der Waals surface area contributed by atoms with Crippen molar-refractivity contribution in [3.8, 4) is 0 Å². The molecular formula is C25H33Cl2N7O2S. The number of rotatable bonds is 8. The third kappa shape index (κ3) is 5.88. The Morgan fingerprint density at radius 2 is 1.97 bits per heavy atom. The number of benzene rings is 1. The molecule has 2 aliphatic rings. The number of sulfonamides is 1. The molecule has 2 aliphatic heterocycles. The van der Waals surface area contributed by atoms with Gasteiger partial charge in [0.15, 0.2) is 5.65 Å². The molecule has 3 aromatic rings. The number of halogens is 2. The topological polar surface area (TPSA) is 96.3 Å². The molecule has 2 aromatic heterocycles. The van der Waals surface area contributed by atoms with Crippen LogP contribution in [0, 0.1) is 18.8 Å². The third-order valence-corrected chi connectivity index (χ3v) is 8.86. The van der Waals surface area contributed by atoms with E-state index in [1.54, 1.807) is 6.07 Å². The molecule has 0 amide bonds. The highest BCUT2D eigenvalue weighted by molar-refractivity contribution is 7.88. The standard InChI is InChI=1S/C25H33Cl2N7O2S/c1-16-24-25(34(31-16)17(2)21-7-6-20(26)11-22(21)27)30-23(12-28-24)33-14-19(15-33)18-5-4-9-32(13-18)10-8-29-37(3,35)36/h6-7,11-12,17-19,29H,4-5,8-10,13-15H2,1-3H3/t17-,18+/m1/s1. The molecule has 0 saturated carbocycles. The van der Waals surface area contributed by atoms with Crippen molar-refractivity contribution >= 4 is 50.2 Å². The number of hydrogen-bond donors (Lipinski definition) is 1. The Balaban J connectivity index is 1.26. The summed E-state index contributed by atoms with van der Waals surface area (Å²) in [6.07, 6.45) is 5.42. The van der Waals surface area contributed by atoms with Gasteiger partial charge in [-0.1, -0.05) is 29.3 Å². The van der Waals surface area contributed by atoms with E-state index in [-0.39, 0.29) is 6.04 Å². The monoisotopic (exact) mass is 565 g/mol. The zero-order valence-corrected chi connectivity index (χ0v) is 23.7. The first-order valence-corrected chi connectivity index (χ1v) is 15.3. The molecule has 9 nitrogen and oxygen atoms in total. The van der Waals surface area contributed by atoms with Gasteiger partial charge in [0.25, 0.3) is 0 Å². The average Bonchev–Trinajstić information content (AvgIpc) is 3.13. The molecule has 0 aliphatic carbocycles. The van der Waals surface area contributed by atoms with Crippen molar-refractivity contribution < 1.29 is 8.42 Å². The van der Waals surface area contributed by atoms with E-state index >= 15 is 0 Å². The fourth-order valence-electron chi connectivity index (χ4n) is 5.50. The van der Waals surface area contributed by atoms with Gasteiger partial charge >= 0.3 is 0 Å². The predicted molar refractivity (Wildman–Crippen MR) is 148 cm³/mol. The molecule has 1 N–H and O–H groups in total. The van der Waals surface area contributed by atoms with Crippen molar-refractivity contribution in [3.63, 3.8) is 0 Å². The molecule has 0 spiro atoms. The summed E-state index contributed by atoms with van der Waals surface area (Å²) < 4.78 is 27.2. The number of piperidine rings is 1. The zero-order chi connectivity index (χ0) is 26.3. The molecule has 0 unspecified atom stereocenters. The Kier molecular flexibility index (Phi) is 7.66. The summed E-state index contributed by atoms with van der Waals surface area (Å²) in [6, 6.07) is 5.39. The van der Waals surface area contributed by atoms with Crippen LogP contribution in [0.5, 0.6) is 0 Å². The van der Waals surface area contributed by atoms with Gasteiger partial charge in [-0.05, 0) is 62.8 Å². The van der Waals surface area contributed by atoms with Crippen LogP contribution in [0.25, 0.3) is 11.2 Å². The van der Waals surface area contributed by atoms with E-state index in [1.165, 1.54) is 12.7 Å². The van der Waals surface area contributed by atoms with E-state index in [0.717, 1.165) is 67.4 Å². The lowest BCUT2D eigenvalue weighted by molar-refractivity contribution is 0.121. The van der Waals surface area contributed by atoms with Crippen LogP contribution in [-0.2, 0) is 10.0 Å². The number of aromatic nitrogens is 4. The highest BCUT2D eigenvalue weighted by Crippen LogP contribution is 2.35. The number of aryl methyl sites for hydroxylation is 1. The average molecular weight is 567 g/mol.